The molecule has 2 atom stereocenters. The van der Waals surface area contributed by atoms with Gasteiger partial charge in [0.25, 0.3) is 0 Å². The standard InChI is InChI=1S/C22H25N3O3/c1-15(25-14-23-18-7-4-5-8-20(18)25)22(26)24-12-6-9-19(24)17-13-16(27-2)10-11-21(17)28-3/h4-5,7-8,10-11,13-15,19H,6,9,12H2,1-3H3. The molecule has 0 bridgehead atoms. The number of methoxy groups -OCH3 is 2. The molecule has 0 spiro atoms. The van der Waals surface area contributed by atoms with Crippen LogP contribution in [0.3, 0.4) is 0 Å². The Morgan fingerprint density at radius 2 is 2.00 bits per heavy atom. The summed E-state index contributed by atoms with van der Waals surface area (Å²) in [4.78, 5) is 19.8. The van der Waals surface area contributed by atoms with Crippen LogP contribution >= 0.6 is 0 Å². The number of rotatable bonds is 5. The number of hydrogen-bond acceptors (Lipinski definition) is 4. The number of hydrogen-bond donors (Lipinski definition) is 0. The lowest BCUT2D eigenvalue weighted by Gasteiger charge is -2.29. The third kappa shape index (κ3) is 3.09. The van der Waals surface area contributed by atoms with Crippen LogP contribution in [0.15, 0.2) is 48.8 Å². The Morgan fingerprint density at radius 1 is 1.18 bits per heavy atom. The van der Waals surface area contributed by atoms with Gasteiger partial charge in [-0.05, 0) is 50.1 Å². The summed E-state index contributed by atoms with van der Waals surface area (Å²) in [5, 5.41) is 0. The zero-order valence-electron chi connectivity index (χ0n) is 16.5. The first kappa shape index (κ1) is 18.3. The number of carbonyl (C=O) groups excluding carboxylic acids is 1. The van der Waals surface area contributed by atoms with E-state index in [1.807, 2.05) is 58.9 Å². The van der Waals surface area contributed by atoms with Crippen LogP contribution in [0.25, 0.3) is 11.0 Å². The van der Waals surface area contributed by atoms with E-state index < -0.39 is 0 Å². The lowest BCUT2D eigenvalue weighted by molar-refractivity contribution is -0.135. The van der Waals surface area contributed by atoms with Crippen LogP contribution in [0.1, 0.15) is 37.4 Å². The fourth-order valence-corrected chi connectivity index (χ4v) is 4.10. The molecule has 1 saturated heterocycles. The molecule has 1 aliphatic rings. The fourth-order valence-electron chi connectivity index (χ4n) is 4.10. The minimum Gasteiger partial charge on any atom is -0.497 e. The molecule has 6 heteroatoms. The van der Waals surface area contributed by atoms with Crippen LogP contribution < -0.4 is 9.47 Å². The monoisotopic (exact) mass is 379 g/mol. The number of imidazole rings is 1. The third-order valence-corrected chi connectivity index (χ3v) is 5.59. The minimum atomic E-state index is -0.329. The van der Waals surface area contributed by atoms with Gasteiger partial charge in [-0.25, -0.2) is 4.98 Å². The van der Waals surface area contributed by atoms with E-state index in [4.69, 9.17) is 9.47 Å². The topological polar surface area (TPSA) is 56.6 Å². The van der Waals surface area contributed by atoms with Crippen LogP contribution in [-0.2, 0) is 4.79 Å². The van der Waals surface area contributed by atoms with E-state index in [-0.39, 0.29) is 18.0 Å². The molecule has 0 saturated carbocycles. The number of carbonyl (C=O) groups is 1. The Bertz CT molecular complexity index is 998. The minimum absolute atomic E-state index is 0.0187. The molecule has 0 aliphatic carbocycles. The van der Waals surface area contributed by atoms with Crippen LogP contribution in [0.5, 0.6) is 11.5 Å². The summed E-state index contributed by atoms with van der Waals surface area (Å²) in [7, 11) is 3.31. The zero-order chi connectivity index (χ0) is 19.7. The zero-order valence-corrected chi connectivity index (χ0v) is 16.5. The molecule has 2 aromatic carbocycles. The highest BCUT2D eigenvalue weighted by molar-refractivity contribution is 5.84. The lowest BCUT2D eigenvalue weighted by atomic mass is 10.0. The molecule has 1 aromatic heterocycles. The highest BCUT2D eigenvalue weighted by Crippen LogP contribution is 2.40. The van der Waals surface area contributed by atoms with Crippen molar-refractivity contribution in [1.82, 2.24) is 14.5 Å². The first-order valence-electron chi connectivity index (χ1n) is 9.58. The van der Waals surface area contributed by atoms with Gasteiger partial charge in [0.1, 0.15) is 17.5 Å². The number of amides is 1. The summed E-state index contributed by atoms with van der Waals surface area (Å²) in [5.74, 6) is 1.64. The number of nitrogens with zero attached hydrogens (tertiary/aromatic N) is 3. The summed E-state index contributed by atoms with van der Waals surface area (Å²) in [5.41, 5.74) is 2.86. The van der Waals surface area contributed by atoms with Crippen molar-refractivity contribution in [2.24, 2.45) is 0 Å². The number of para-hydroxylation sites is 2. The van der Waals surface area contributed by atoms with Crippen molar-refractivity contribution in [2.75, 3.05) is 20.8 Å². The Morgan fingerprint density at radius 3 is 2.79 bits per heavy atom. The number of benzene rings is 2. The molecule has 28 heavy (non-hydrogen) atoms. The third-order valence-electron chi connectivity index (χ3n) is 5.59. The molecule has 6 nitrogen and oxygen atoms in total. The van der Waals surface area contributed by atoms with Crippen LogP contribution in [0, 0.1) is 0 Å². The van der Waals surface area contributed by atoms with Crippen molar-refractivity contribution in [3.63, 3.8) is 0 Å². The van der Waals surface area contributed by atoms with E-state index in [2.05, 4.69) is 4.98 Å². The Kier molecular flexibility index (Phi) is 4.94. The summed E-state index contributed by atoms with van der Waals surface area (Å²) in [6, 6.07) is 13.3. The molecule has 0 radical (unpaired) electrons. The average Bonchev–Trinajstić information content (AvgIpc) is 3.39. The van der Waals surface area contributed by atoms with Gasteiger partial charge in [-0.1, -0.05) is 12.1 Å². The van der Waals surface area contributed by atoms with E-state index in [0.29, 0.717) is 0 Å². The molecule has 2 heterocycles. The second-order valence-electron chi connectivity index (χ2n) is 7.11. The van der Waals surface area contributed by atoms with Gasteiger partial charge in [0.2, 0.25) is 5.91 Å². The van der Waals surface area contributed by atoms with E-state index >= 15 is 0 Å². The predicted octanol–water partition coefficient (Wildman–Crippen LogP) is 3.98. The second-order valence-corrected chi connectivity index (χ2v) is 7.11. The molecule has 3 aromatic rings. The van der Waals surface area contributed by atoms with Gasteiger partial charge in [0, 0.05) is 12.1 Å². The quantitative estimate of drug-likeness (QED) is 0.673. The molecular weight excluding hydrogens is 354 g/mol. The number of aromatic nitrogens is 2. The molecule has 146 valence electrons. The van der Waals surface area contributed by atoms with Gasteiger partial charge in [-0.3, -0.25) is 4.79 Å². The van der Waals surface area contributed by atoms with Gasteiger partial charge < -0.3 is 18.9 Å². The van der Waals surface area contributed by atoms with Crippen molar-refractivity contribution in [3.05, 3.63) is 54.4 Å². The van der Waals surface area contributed by atoms with E-state index in [1.165, 1.54) is 0 Å². The highest BCUT2D eigenvalue weighted by Gasteiger charge is 2.35. The van der Waals surface area contributed by atoms with Gasteiger partial charge in [-0.15, -0.1) is 0 Å². The van der Waals surface area contributed by atoms with Crippen molar-refractivity contribution in [2.45, 2.75) is 31.8 Å². The number of fused-ring (bicyclic) bond motifs is 1. The molecule has 0 N–H and O–H groups in total. The smallest absolute Gasteiger partial charge is 0.245 e. The van der Waals surface area contributed by atoms with Crippen LogP contribution in [-0.4, -0.2) is 41.1 Å². The first-order valence-corrected chi connectivity index (χ1v) is 9.58. The Labute approximate surface area is 164 Å². The van der Waals surface area contributed by atoms with Crippen LogP contribution in [0.2, 0.25) is 0 Å². The maximum absolute atomic E-state index is 13.4. The van der Waals surface area contributed by atoms with Crippen molar-refractivity contribution in [3.8, 4) is 11.5 Å². The van der Waals surface area contributed by atoms with Crippen LogP contribution in [0.4, 0.5) is 0 Å². The Balaban J connectivity index is 1.66. The summed E-state index contributed by atoms with van der Waals surface area (Å²) in [6.07, 6.45) is 3.63. The Hall–Kier alpha value is -3.02. The number of ether oxygens (including phenoxy) is 2. The van der Waals surface area contributed by atoms with Gasteiger partial charge in [-0.2, -0.15) is 0 Å². The molecule has 4 rings (SSSR count). The highest BCUT2D eigenvalue weighted by atomic mass is 16.5. The van der Waals surface area contributed by atoms with E-state index in [0.717, 1.165) is 47.5 Å². The van der Waals surface area contributed by atoms with Gasteiger partial charge in [0.05, 0.1) is 37.6 Å². The fraction of sp³-hybridized carbons (Fsp3) is 0.364. The molecule has 1 aliphatic heterocycles. The van der Waals surface area contributed by atoms with Gasteiger partial charge >= 0.3 is 0 Å². The number of likely N-dealkylation sites (tertiary alicyclic amines) is 1. The second kappa shape index (κ2) is 7.54. The average molecular weight is 379 g/mol. The summed E-state index contributed by atoms with van der Waals surface area (Å²) < 4.78 is 12.9. The maximum atomic E-state index is 13.4. The largest absolute Gasteiger partial charge is 0.497 e. The van der Waals surface area contributed by atoms with E-state index in [1.54, 1.807) is 20.5 Å². The summed E-state index contributed by atoms with van der Waals surface area (Å²) >= 11 is 0. The molecular formula is C22H25N3O3. The molecule has 1 amide bonds. The normalized spacial score (nSPS) is 17.7. The molecule has 2 unspecified atom stereocenters. The van der Waals surface area contributed by atoms with Crippen molar-refractivity contribution < 1.29 is 14.3 Å². The van der Waals surface area contributed by atoms with Crippen molar-refractivity contribution in [1.29, 1.82) is 0 Å². The molecule has 1 fully saturated rings. The van der Waals surface area contributed by atoms with Crippen molar-refractivity contribution >= 4 is 16.9 Å². The first-order chi connectivity index (χ1) is 13.6. The maximum Gasteiger partial charge on any atom is 0.245 e. The lowest BCUT2D eigenvalue weighted by Crippen LogP contribution is -2.35. The SMILES string of the molecule is COc1ccc(OC)c(C2CCCN2C(=O)C(C)n2cnc3ccccc32)c1. The predicted molar refractivity (Wildman–Crippen MR) is 108 cm³/mol. The van der Waals surface area contributed by atoms with Gasteiger partial charge in [0.15, 0.2) is 0 Å². The van der Waals surface area contributed by atoms with E-state index in [9.17, 15) is 4.79 Å². The summed E-state index contributed by atoms with van der Waals surface area (Å²) in [6.45, 7) is 2.68.